The molecule has 0 bridgehead atoms. The summed E-state index contributed by atoms with van der Waals surface area (Å²) in [4.78, 5) is 14.6. The van der Waals surface area contributed by atoms with Crippen molar-refractivity contribution in [3.05, 3.63) is 52.8 Å². The predicted molar refractivity (Wildman–Crippen MR) is 74.2 cm³/mol. The van der Waals surface area contributed by atoms with Gasteiger partial charge >= 0.3 is 0 Å². The Bertz CT molecular complexity index is 635. The average molecular weight is 275 g/mol. The smallest absolute Gasteiger partial charge is 0.272 e. The van der Waals surface area contributed by atoms with E-state index in [1.807, 2.05) is 0 Å². The van der Waals surface area contributed by atoms with Crippen LogP contribution in [-0.4, -0.2) is 22.6 Å². The second-order valence-electron chi connectivity index (χ2n) is 3.72. The van der Waals surface area contributed by atoms with E-state index in [-0.39, 0.29) is 12.5 Å². The second kappa shape index (κ2) is 6.10. The lowest BCUT2D eigenvalue weighted by atomic mass is 10.2. The van der Waals surface area contributed by atoms with Gasteiger partial charge in [-0.25, -0.2) is 0 Å². The number of aromatic amines is 1. The summed E-state index contributed by atoms with van der Waals surface area (Å²) in [6.45, 7) is -0.175. The first-order chi connectivity index (χ1) is 9.19. The monoisotopic (exact) mass is 274 g/mol. The van der Waals surface area contributed by atoms with Gasteiger partial charge in [-0.2, -0.15) is 0 Å². The van der Waals surface area contributed by atoms with Gasteiger partial charge in [0.2, 0.25) is 0 Å². The van der Waals surface area contributed by atoms with Crippen LogP contribution in [0.5, 0.6) is 0 Å². The van der Waals surface area contributed by atoms with Crippen LogP contribution < -0.4 is 5.32 Å². The van der Waals surface area contributed by atoms with Crippen molar-refractivity contribution in [1.82, 2.24) is 4.98 Å². The van der Waals surface area contributed by atoms with Gasteiger partial charge < -0.3 is 15.4 Å². The van der Waals surface area contributed by atoms with Gasteiger partial charge in [0, 0.05) is 17.4 Å². The molecule has 0 aliphatic heterocycles. The quantitative estimate of drug-likeness (QED) is 0.736. The number of nitrogens with one attached hydrogen (secondary N) is 2. The van der Waals surface area contributed by atoms with Crippen molar-refractivity contribution < 1.29 is 9.90 Å². The Labute approximate surface area is 115 Å². The summed E-state index contributed by atoms with van der Waals surface area (Å²) >= 11 is 5.73. The summed E-state index contributed by atoms with van der Waals surface area (Å²) in [6.07, 6.45) is 1.55. The Morgan fingerprint density at radius 3 is 2.68 bits per heavy atom. The minimum Gasteiger partial charge on any atom is -0.384 e. The molecule has 3 N–H and O–H groups in total. The van der Waals surface area contributed by atoms with Crippen molar-refractivity contribution in [2.75, 3.05) is 11.9 Å². The van der Waals surface area contributed by atoms with E-state index in [2.05, 4.69) is 22.1 Å². The Balaban J connectivity index is 2.05. The lowest BCUT2D eigenvalue weighted by Gasteiger charge is -2.03. The number of halogens is 1. The molecule has 0 saturated heterocycles. The molecule has 4 nitrogen and oxygen atoms in total. The summed E-state index contributed by atoms with van der Waals surface area (Å²) in [5, 5.41) is 11.8. The van der Waals surface area contributed by atoms with Gasteiger partial charge in [0.05, 0.1) is 5.02 Å². The number of aliphatic hydroxyl groups is 1. The minimum absolute atomic E-state index is 0.175. The van der Waals surface area contributed by atoms with Crippen LogP contribution in [0.25, 0.3) is 0 Å². The predicted octanol–water partition coefficient (Wildman–Crippen LogP) is 2.26. The third-order valence-electron chi connectivity index (χ3n) is 2.35. The molecule has 1 amide bonds. The molecule has 0 aliphatic rings. The Hall–Kier alpha value is -2.22. The summed E-state index contributed by atoms with van der Waals surface area (Å²) in [6, 6.07) is 8.56. The van der Waals surface area contributed by atoms with Gasteiger partial charge in [-0.1, -0.05) is 23.4 Å². The maximum atomic E-state index is 11.8. The molecule has 96 valence electrons. The molecule has 2 rings (SSSR count). The molecule has 5 heteroatoms. The molecule has 19 heavy (non-hydrogen) atoms. The fourth-order valence-electron chi connectivity index (χ4n) is 1.48. The molecule has 0 aliphatic carbocycles. The standard InChI is InChI=1S/C14H11ClN2O2/c15-11-8-13(16-9-11)14(19)17-12-5-3-10(4-6-12)2-1-7-18/h3-6,8-9,16,18H,7H2,(H,17,19). The van der Waals surface area contributed by atoms with E-state index in [0.29, 0.717) is 16.4 Å². The SMILES string of the molecule is O=C(Nc1ccc(C#CCO)cc1)c1cc(Cl)c[nH]1. The lowest BCUT2D eigenvalue weighted by Crippen LogP contribution is -2.11. The fourth-order valence-corrected chi connectivity index (χ4v) is 1.64. The van der Waals surface area contributed by atoms with Crippen LogP contribution in [0.15, 0.2) is 36.5 Å². The van der Waals surface area contributed by atoms with Crippen molar-refractivity contribution in [3.63, 3.8) is 0 Å². The number of anilines is 1. The van der Waals surface area contributed by atoms with Gasteiger partial charge in [0.1, 0.15) is 12.3 Å². The van der Waals surface area contributed by atoms with E-state index in [4.69, 9.17) is 16.7 Å². The Kier molecular flexibility index (Phi) is 4.24. The van der Waals surface area contributed by atoms with Gasteiger partial charge in [0.25, 0.3) is 5.91 Å². The molecule has 1 aromatic heterocycles. The van der Waals surface area contributed by atoms with Crippen LogP contribution >= 0.6 is 11.6 Å². The number of amides is 1. The van der Waals surface area contributed by atoms with Crippen molar-refractivity contribution >= 4 is 23.2 Å². The number of H-pyrrole nitrogens is 1. The van der Waals surface area contributed by atoms with E-state index in [1.54, 1.807) is 36.5 Å². The highest BCUT2D eigenvalue weighted by atomic mass is 35.5. The highest BCUT2D eigenvalue weighted by molar-refractivity contribution is 6.31. The number of carbonyl (C=O) groups is 1. The normalized spacial score (nSPS) is 9.58. The molecular weight excluding hydrogens is 264 g/mol. The van der Waals surface area contributed by atoms with Crippen LogP contribution in [0, 0.1) is 11.8 Å². The maximum Gasteiger partial charge on any atom is 0.272 e. The molecule has 0 saturated carbocycles. The highest BCUT2D eigenvalue weighted by Crippen LogP contribution is 2.13. The zero-order valence-corrected chi connectivity index (χ0v) is 10.7. The third kappa shape index (κ3) is 3.62. The first kappa shape index (κ1) is 13.2. The van der Waals surface area contributed by atoms with E-state index in [1.165, 1.54) is 0 Å². The molecule has 0 spiro atoms. The highest BCUT2D eigenvalue weighted by Gasteiger charge is 2.07. The Morgan fingerprint density at radius 1 is 1.37 bits per heavy atom. The van der Waals surface area contributed by atoms with E-state index in [0.717, 1.165) is 5.56 Å². The molecule has 2 aromatic rings. The molecular formula is C14H11ClN2O2. The van der Waals surface area contributed by atoms with Gasteiger partial charge in [0.15, 0.2) is 0 Å². The Morgan fingerprint density at radius 2 is 2.11 bits per heavy atom. The minimum atomic E-state index is -0.263. The van der Waals surface area contributed by atoms with Gasteiger partial charge in [-0.15, -0.1) is 0 Å². The van der Waals surface area contributed by atoms with Crippen molar-refractivity contribution in [1.29, 1.82) is 0 Å². The zero-order valence-electron chi connectivity index (χ0n) is 9.90. The van der Waals surface area contributed by atoms with Crippen LogP contribution in [-0.2, 0) is 0 Å². The summed E-state index contributed by atoms with van der Waals surface area (Å²) in [5.74, 6) is 5.06. The first-order valence-corrected chi connectivity index (χ1v) is 5.92. The van der Waals surface area contributed by atoms with Crippen molar-refractivity contribution in [3.8, 4) is 11.8 Å². The topological polar surface area (TPSA) is 65.1 Å². The fraction of sp³-hybridized carbons (Fsp3) is 0.0714. The van der Waals surface area contributed by atoms with Crippen LogP contribution in [0.3, 0.4) is 0 Å². The van der Waals surface area contributed by atoms with E-state index < -0.39 is 0 Å². The van der Waals surface area contributed by atoms with Crippen LogP contribution in [0.2, 0.25) is 5.02 Å². The molecule has 1 heterocycles. The number of rotatable bonds is 2. The van der Waals surface area contributed by atoms with Crippen LogP contribution in [0.4, 0.5) is 5.69 Å². The zero-order chi connectivity index (χ0) is 13.7. The number of carbonyl (C=O) groups excluding carboxylic acids is 1. The third-order valence-corrected chi connectivity index (χ3v) is 2.57. The molecule has 1 aromatic carbocycles. The average Bonchev–Trinajstić information content (AvgIpc) is 2.85. The van der Waals surface area contributed by atoms with Crippen molar-refractivity contribution in [2.24, 2.45) is 0 Å². The van der Waals surface area contributed by atoms with E-state index in [9.17, 15) is 4.79 Å². The molecule has 0 atom stereocenters. The molecule has 0 fully saturated rings. The van der Waals surface area contributed by atoms with Gasteiger partial charge in [-0.3, -0.25) is 4.79 Å². The number of aromatic nitrogens is 1. The van der Waals surface area contributed by atoms with E-state index >= 15 is 0 Å². The lowest BCUT2D eigenvalue weighted by molar-refractivity contribution is 0.102. The summed E-state index contributed by atoms with van der Waals surface area (Å²) in [5.41, 5.74) is 1.83. The van der Waals surface area contributed by atoms with Crippen molar-refractivity contribution in [2.45, 2.75) is 0 Å². The largest absolute Gasteiger partial charge is 0.384 e. The number of benzene rings is 1. The molecule has 0 unspecified atom stereocenters. The molecule has 0 radical (unpaired) electrons. The number of hydrogen-bond donors (Lipinski definition) is 3. The second-order valence-corrected chi connectivity index (χ2v) is 4.16. The number of hydrogen-bond acceptors (Lipinski definition) is 2. The first-order valence-electron chi connectivity index (χ1n) is 5.54. The summed E-state index contributed by atoms with van der Waals surface area (Å²) in [7, 11) is 0. The van der Waals surface area contributed by atoms with Crippen LogP contribution in [0.1, 0.15) is 16.1 Å². The number of aliphatic hydroxyl groups excluding tert-OH is 1. The van der Waals surface area contributed by atoms with Gasteiger partial charge in [-0.05, 0) is 30.3 Å². The summed E-state index contributed by atoms with van der Waals surface area (Å²) < 4.78 is 0. The maximum absolute atomic E-state index is 11.8.